The number of methoxy groups -OCH3 is 1. The molecule has 31 heavy (non-hydrogen) atoms. The van der Waals surface area contributed by atoms with Crippen LogP contribution in [0.15, 0.2) is 108 Å². The fourth-order valence-corrected chi connectivity index (χ4v) is 3.98. The highest BCUT2D eigenvalue weighted by Crippen LogP contribution is 2.34. The molecule has 0 saturated heterocycles. The maximum absolute atomic E-state index is 10.7. The minimum atomic E-state index is 0.201. The first-order valence-corrected chi connectivity index (χ1v) is 10.2. The molecule has 0 atom stereocenters. The number of phenolic OH excluding ortho intramolecular Hbond substituents is 1. The Balaban J connectivity index is 1.88. The van der Waals surface area contributed by atoms with Gasteiger partial charge in [-0.15, -0.1) is 0 Å². The van der Waals surface area contributed by atoms with Gasteiger partial charge in [0.15, 0.2) is 0 Å². The summed E-state index contributed by atoms with van der Waals surface area (Å²) in [4.78, 5) is 5.04. The molecule has 0 saturated carbocycles. The predicted molar refractivity (Wildman–Crippen MR) is 128 cm³/mol. The molecule has 1 N–H and O–H groups in total. The van der Waals surface area contributed by atoms with Gasteiger partial charge in [0.05, 0.1) is 18.5 Å². The first-order chi connectivity index (χ1) is 15.2. The van der Waals surface area contributed by atoms with Crippen LogP contribution in [0.3, 0.4) is 0 Å². The zero-order valence-electron chi connectivity index (χ0n) is 17.1. The lowest BCUT2D eigenvalue weighted by molar-refractivity contribution is 0.415. The first kappa shape index (κ1) is 18.9. The molecule has 0 spiro atoms. The van der Waals surface area contributed by atoms with E-state index in [1.807, 2.05) is 66.7 Å². The highest BCUT2D eigenvalue weighted by atomic mass is 16.5. The maximum atomic E-state index is 10.7. The smallest absolute Gasteiger partial charge is 0.124 e. The minimum absolute atomic E-state index is 0.201. The molecule has 0 amide bonds. The van der Waals surface area contributed by atoms with Gasteiger partial charge in [-0.05, 0) is 64.0 Å². The summed E-state index contributed by atoms with van der Waals surface area (Å²) in [5.41, 5.74) is 3.22. The van der Waals surface area contributed by atoms with E-state index in [-0.39, 0.29) is 5.75 Å². The van der Waals surface area contributed by atoms with Gasteiger partial charge in [0, 0.05) is 11.1 Å². The lowest BCUT2D eigenvalue weighted by Gasteiger charge is -2.16. The number of rotatable bonds is 4. The van der Waals surface area contributed by atoms with Gasteiger partial charge in [0.2, 0.25) is 0 Å². The third-order valence-electron chi connectivity index (χ3n) is 5.48. The van der Waals surface area contributed by atoms with Crippen molar-refractivity contribution in [1.29, 1.82) is 0 Å². The molecule has 0 radical (unpaired) electrons. The number of ether oxygens (including phenoxy) is 1. The molecule has 3 heteroatoms. The number of phenols is 1. The van der Waals surface area contributed by atoms with Gasteiger partial charge in [-0.3, -0.25) is 0 Å². The van der Waals surface area contributed by atoms with Crippen LogP contribution in [0.4, 0.5) is 5.69 Å². The molecule has 0 heterocycles. The largest absolute Gasteiger partial charge is 0.507 e. The second-order valence-corrected chi connectivity index (χ2v) is 7.37. The van der Waals surface area contributed by atoms with Gasteiger partial charge in [-0.25, -0.2) is 4.99 Å². The molecule has 0 bridgehead atoms. The summed E-state index contributed by atoms with van der Waals surface area (Å²) in [6.45, 7) is 0. The second kappa shape index (κ2) is 7.96. The fourth-order valence-electron chi connectivity index (χ4n) is 3.98. The molecule has 0 aliphatic carbocycles. The molecular formula is C28H21NO2. The Labute approximate surface area is 180 Å². The van der Waals surface area contributed by atoms with Crippen LogP contribution in [0, 0.1) is 0 Å². The van der Waals surface area contributed by atoms with Gasteiger partial charge >= 0.3 is 0 Å². The fraction of sp³-hybridized carbons (Fsp3) is 0.0357. The van der Waals surface area contributed by atoms with E-state index >= 15 is 0 Å². The van der Waals surface area contributed by atoms with Crippen molar-refractivity contribution in [2.45, 2.75) is 0 Å². The zero-order valence-corrected chi connectivity index (χ0v) is 17.1. The van der Waals surface area contributed by atoms with Gasteiger partial charge < -0.3 is 9.84 Å². The summed E-state index contributed by atoms with van der Waals surface area (Å²) in [7, 11) is 1.65. The second-order valence-electron chi connectivity index (χ2n) is 7.37. The third-order valence-corrected chi connectivity index (χ3v) is 5.48. The van der Waals surface area contributed by atoms with Crippen molar-refractivity contribution in [2.75, 3.05) is 7.11 Å². The van der Waals surface area contributed by atoms with Crippen molar-refractivity contribution in [3.05, 3.63) is 114 Å². The summed E-state index contributed by atoms with van der Waals surface area (Å²) in [6, 6.07) is 33.8. The van der Waals surface area contributed by atoms with Crippen molar-refractivity contribution in [1.82, 2.24) is 0 Å². The average Bonchev–Trinajstić information content (AvgIpc) is 2.82. The predicted octanol–water partition coefficient (Wildman–Crippen LogP) is 6.88. The maximum Gasteiger partial charge on any atom is 0.124 e. The number of benzene rings is 5. The Morgan fingerprint density at radius 3 is 1.90 bits per heavy atom. The van der Waals surface area contributed by atoms with Crippen molar-refractivity contribution < 1.29 is 9.84 Å². The lowest BCUT2D eigenvalue weighted by atomic mass is 9.90. The molecule has 5 aromatic carbocycles. The Bertz CT molecular complexity index is 1360. The van der Waals surface area contributed by atoms with Crippen LogP contribution in [0.5, 0.6) is 11.5 Å². The summed E-state index contributed by atoms with van der Waals surface area (Å²) >= 11 is 0. The number of nitrogens with zero attached hydrogens (tertiary/aromatic N) is 1. The van der Waals surface area contributed by atoms with E-state index in [1.165, 1.54) is 0 Å². The third kappa shape index (κ3) is 3.51. The van der Waals surface area contributed by atoms with Crippen molar-refractivity contribution >= 4 is 32.9 Å². The number of aromatic hydroxyl groups is 1. The van der Waals surface area contributed by atoms with Crippen LogP contribution >= 0.6 is 0 Å². The number of aliphatic imine (C=N–C) groups is 1. The highest BCUT2D eigenvalue weighted by molar-refractivity contribution is 6.27. The van der Waals surface area contributed by atoms with E-state index in [4.69, 9.17) is 9.73 Å². The monoisotopic (exact) mass is 403 g/mol. The Hall–Kier alpha value is -4.11. The van der Waals surface area contributed by atoms with Crippen LogP contribution < -0.4 is 4.74 Å². The molecule has 5 aromatic rings. The summed E-state index contributed by atoms with van der Waals surface area (Å²) in [5.74, 6) is 0.977. The van der Waals surface area contributed by atoms with Crippen molar-refractivity contribution in [3.63, 3.8) is 0 Å². The zero-order chi connectivity index (χ0) is 21.2. The molecule has 0 aliphatic heterocycles. The molecular weight excluding hydrogens is 382 g/mol. The normalized spacial score (nSPS) is 11.7. The topological polar surface area (TPSA) is 41.8 Å². The Kier molecular flexibility index (Phi) is 4.85. The van der Waals surface area contributed by atoms with E-state index in [9.17, 15) is 5.11 Å². The van der Waals surface area contributed by atoms with Crippen LogP contribution in [-0.4, -0.2) is 17.9 Å². The average molecular weight is 403 g/mol. The van der Waals surface area contributed by atoms with Crippen LogP contribution in [0.2, 0.25) is 0 Å². The SMILES string of the molecule is COc1ccc(N=C(c2ccccc2O)c2c3ccccc3cc3ccccc23)cc1. The number of fused-ring (bicyclic) bond motifs is 2. The molecule has 0 unspecified atom stereocenters. The minimum Gasteiger partial charge on any atom is -0.507 e. The number of hydrogen-bond donors (Lipinski definition) is 1. The first-order valence-electron chi connectivity index (χ1n) is 10.2. The lowest BCUT2D eigenvalue weighted by Crippen LogP contribution is -2.06. The summed E-state index contributed by atoms with van der Waals surface area (Å²) in [5, 5.41) is 15.2. The quantitative estimate of drug-likeness (QED) is 0.263. The van der Waals surface area contributed by atoms with Crippen molar-refractivity contribution in [3.8, 4) is 11.5 Å². The van der Waals surface area contributed by atoms with Gasteiger partial charge in [-0.2, -0.15) is 0 Å². The van der Waals surface area contributed by atoms with Crippen LogP contribution in [0.1, 0.15) is 11.1 Å². The standard InChI is InChI=1S/C28H21NO2/c1-31-22-16-14-21(15-17-22)29-28(25-12-6-7-13-26(25)30)27-23-10-4-2-8-19(23)18-20-9-3-5-11-24(20)27/h2-18,30H,1H3. The van der Waals surface area contributed by atoms with E-state index in [0.29, 0.717) is 5.56 Å². The molecule has 0 aliphatic rings. The Morgan fingerprint density at radius 1 is 0.710 bits per heavy atom. The van der Waals surface area contributed by atoms with Gasteiger partial charge in [0.1, 0.15) is 11.5 Å². The van der Waals surface area contributed by atoms with Crippen molar-refractivity contribution in [2.24, 2.45) is 4.99 Å². The van der Waals surface area contributed by atoms with Gasteiger partial charge in [0.25, 0.3) is 0 Å². The number of hydrogen-bond acceptors (Lipinski definition) is 3. The molecule has 150 valence electrons. The molecule has 5 rings (SSSR count). The van der Waals surface area contributed by atoms with E-state index in [2.05, 4.69) is 30.3 Å². The summed E-state index contributed by atoms with van der Waals surface area (Å²) in [6.07, 6.45) is 0. The van der Waals surface area contributed by atoms with E-state index < -0.39 is 0 Å². The highest BCUT2D eigenvalue weighted by Gasteiger charge is 2.18. The van der Waals surface area contributed by atoms with Crippen LogP contribution in [0.25, 0.3) is 21.5 Å². The van der Waals surface area contributed by atoms with E-state index in [1.54, 1.807) is 13.2 Å². The molecule has 3 nitrogen and oxygen atoms in total. The molecule has 0 fully saturated rings. The van der Waals surface area contributed by atoms with Crippen LogP contribution in [-0.2, 0) is 0 Å². The summed E-state index contributed by atoms with van der Waals surface area (Å²) < 4.78 is 5.29. The molecule has 0 aromatic heterocycles. The Morgan fingerprint density at radius 2 is 1.29 bits per heavy atom. The van der Waals surface area contributed by atoms with E-state index in [0.717, 1.165) is 44.3 Å². The van der Waals surface area contributed by atoms with Gasteiger partial charge in [-0.1, -0.05) is 60.7 Å². The number of para-hydroxylation sites is 1.